The third kappa shape index (κ3) is 2.30. The van der Waals surface area contributed by atoms with E-state index in [1.54, 1.807) is 0 Å². The summed E-state index contributed by atoms with van der Waals surface area (Å²) in [5.41, 5.74) is 3.85. The Hall–Kier alpha value is -2.06. The van der Waals surface area contributed by atoms with E-state index in [1.165, 1.54) is 12.3 Å². The summed E-state index contributed by atoms with van der Waals surface area (Å²) in [5.74, 6) is 0. The largest absolute Gasteiger partial charge is 0.297 e. The predicted molar refractivity (Wildman–Crippen MR) is 62.7 cm³/mol. The van der Waals surface area contributed by atoms with Crippen LogP contribution < -0.4 is 0 Å². The minimum absolute atomic E-state index is 0.568. The summed E-state index contributed by atoms with van der Waals surface area (Å²) in [6, 6.07) is 1.88. The summed E-state index contributed by atoms with van der Waals surface area (Å²) in [5, 5.41) is 0. The van der Waals surface area contributed by atoms with E-state index in [9.17, 15) is 9.59 Å². The monoisotopic (exact) mass is 216 g/mol. The van der Waals surface area contributed by atoms with Gasteiger partial charge in [-0.2, -0.15) is 4.99 Å². The second-order valence-corrected chi connectivity index (χ2v) is 3.45. The maximum absolute atomic E-state index is 10.3. The molecule has 0 atom stereocenters. The highest BCUT2D eigenvalue weighted by atomic mass is 16.1. The Morgan fingerprint density at radius 3 is 2.38 bits per heavy atom. The molecule has 1 aromatic rings. The second kappa shape index (κ2) is 5.14. The van der Waals surface area contributed by atoms with Gasteiger partial charge in [0, 0.05) is 5.56 Å². The van der Waals surface area contributed by atoms with E-state index in [4.69, 9.17) is 0 Å². The van der Waals surface area contributed by atoms with Crippen molar-refractivity contribution in [2.75, 3.05) is 0 Å². The zero-order valence-electron chi connectivity index (χ0n) is 9.44. The van der Waals surface area contributed by atoms with Crippen LogP contribution in [0.5, 0.6) is 0 Å². The van der Waals surface area contributed by atoms with Crippen molar-refractivity contribution < 1.29 is 9.59 Å². The van der Waals surface area contributed by atoms with Crippen molar-refractivity contribution in [2.24, 2.45) is 9.98 Å². The molecule has 0 spiro atoms. The smallest absolute Gasteiger partial charge is 0.240 e. The van der Waals surface area contributed by atoms with E-state index >= 15 is 0 Å². The van der Waals surface area contributed by atoms with Crippen molar-refractivity contribution in [2.45, 2.75) is 20.8 Å². The van der Waals surface area contributed by atoms with Gasteiger partial charge in [0.15, 0.2) is 6.29 Å². The Bertz CT molecular complexity index is 498. The second-order valence-electron chi connectivity index (χ2n) is 3.45. The number of aldehydes is 1. The molecule has 0 saturated carbocycles. The molecule has 0 N–H and O–H groups in total. The van der Waals surface area contributed by atoms with Gasteiger partial charge in [-0.1, -0.05) is 6.07 Å². The molecular weight excluding hydrogens is 204 g/mol. The summed E-state index contributed by atoms with van der Waals surface area (Å²) >= 11 is 0. The molecule has 1 aromatic carbocycles. The number of hydrogen-bond donors (Lipinski definition) is 0. The van der Waals surface area contributed by atoms with Crippen molar-refractivity contribution in [1.29, 1.82) is 0 Å². The van der Waals surface area contributed by atoms with Crippen molar-refractivity contribution in [3.63, 3.8) is 0 Å². The molecule has 0 unspecified atom stereocenters. The summed E-state index contributed by atoms with van der Waals surface area (Å²) in [6.07, 6.45) is 3.31. The molecule has 82 valence electrons. The first-order chi connectivity index (χ1) is 7.61. The van der Waals surface area contributed by atoms with Gasteiger partial charge >= 0.3 is 0 Å². The topological polar surface area (TPSA) is 58.9 Å². The molecule has 0 saturated heterocycles. The molecule has 1 rings (SSSR count). The lowest BCUT2D eigenvalue weighted by Gasteiger charge is -2.09. The minimum Gasteiger partial charge on any atom is -0.297 e. The average Bonchev–Trinajstić information content (AvgIpc) is 2.24. The van der Waals surface area contributed by atoms with E-state index in [2.05, 4.69) is 9.98 Å². The van der Waals surface area contributed by atoms with Crippen LogP contribution in [-0.2, 0) is 9.59 Å². The summed E-state index contributed by atoms with van der Waals surface area (Å²) in [4.78, 5) is 28.2. The van der Waals surface area contributed by atoms with Crippen LogP contribution in [0, 0.1) is 20.8 Å². The van der Waals surface area contributed by atoms with Crippen molar-refractivity contribution in [3.05, 3.63) is 22.8 Å². The molecule has 16 heavy (non-hydrogen) atoms. The van der Waals surface area contributed by atoms with Gasteiger partial charge in [-0.05, 0) is 31.9 Å². The summed E-state index contributed by atoms with van der Waals surface area (Å²) < 4.78 is 0. The van der Waals surface area contributed by atoms with Crippen LogP contribution in [0.3, 0.4) is 0 Å². The van der Waals surface area contributed by atoms with Gasteiger partial charge in [0.1, 0.15) is 0 Å². The normalized spacial score (nSPS) is 10.2. The molecule has 0 bridgehead atoms. The molecule has 0 aliphatic carbocycles. The molecule has 0 aliphatic rings. The van der Waals surface area contributed by atoms with E-state index in [1.807, 2.05) is 26.8 Å². The van der Waals surface area contributed by atoms with Crippen LogP contribution in [0.15, 0.2) is 16.1 Å². The predicted octanol–water partition coefficient (Wildman–Crippen LogP) is 2.48. The van der Waals surface area contributed by atoms with Crippen molar-refractivity contribution in [1.82, 2.24) is 0 Å². The number of carbonyl (C=O) groups excluding carboxylic acids is 2. The number of rotatable bonds is 3. The highest BCUT2D eigenvalue weighted by Crippen LogP contribution is 2.34. The number of isocyanates is 1. The van der Waals surface area contributed by atoms with Crippen LogP contribution in [0.25, 0.3) is 0 Å². The lowest BCUT2D eigenvalue weighted by Crippen LogP contribution is -1.87. The number of aryl methyl sites for hydroxylation is 2. The van der Waals surface area contributed by atoms with E-state index < -0.39 is 0 Å². The quantitative estimate of drug-likeness (QED) is 0.442. The van der Waals surface area contributed by atoms with Gasteiger partial charge in [0.25, 0.3) is 0 Å². The number of carbonyl (C=O) groups is 1. The molecule has 0 radical (unpaired) electrons. The SMILES string of the molecule is Cc1cc(C)c(N=CC=O)c(C)c1N=C=O. The fourth-order valence-corrected chi connectivity index (χ4v) is 1.69. The molecule has 0 aliphatic heterocycles. The van der Waals surface area contributed by atoms with Gasteiger partial charge in [-0.3, -0.25) is 9.79 Å². The number of hydrogen-bond acceptors (Lipinski definition) is 4. The van der Waals surface area contributed by atoms with Gasteiger partial charge < -0.3 is 0 Å². The molecule has 0 amide bonds. The zero-order chi connectivity index (χ0) is 12.1. The zero-order valence-corrected chi connectivity index (χ0v) is 9.44. The molecule has 4 heteroatoms. The van der Waals surface area contributed by atoms with E-state index in [-0.39, 0.29) is 0 Å². The molecule has 0 aromatic heterocycles. The van der Waals surface area contributed by atoms with Gasteiger partial charge in [0.05, 0.1) is 17.6 Å². The Balaban J connectivity index is 3.49. The number of benzene rings is 1. The highest BCUT2D eigenvalue weighted by molar-refractivity contribution is 6.13. The summed E-state index contributed by atoms with van der Waals surface area (Å²) in [6.45, 7) is 5.57. The van der Waals surface area contributed by atoms with Gasteiger partial charge in [-0.15, -0.1) is 0 Å². The fraction of sp³-hybridized carbons (Fsp3) is 0.250. The first-order valence-corrected chi connectivity index (χ1v) is 4.78. The Kier molecular flexibility index (Phi) is 3.86. The van der Waals surface area contributed by atoms with Crippen molar-refractivity contribution in [3.8, 4) is 0 Å². The number of aliphatic imine (C=N–C) groups is 2. The lowest BCUT2D eigenvalue weighted by atomic mass is 10.0. The van der Waals surface area contributed by atoms with E-state index in [0.717, 1.165) is 16.7 Å². The average molecular weight is 216 g/mol. The van der Waals surface area contributed by atoms with Gasteiger partial charge in [-0.25, -0.2) is 4.79 Å². The fourth-order valence-electron chi connectivity index (χ4n) is 1.69. The lowest BCUT2D eigenvalue weighted by molar-refractivity contribution is -0.102. The third-order valence-electron chi connectivity index (χ3n) is 2.31. The standard InChI is InChI=1S/C12H12N2O2/c1-8-6-9(2)12(14-7-16)10(3)11(8)13-4-5-15/h4-6H,1-3H3. The third-order valence-corrected chi connectivity index (χ3v) is 2.31. The maximum atomic E-state index is 10.3. The van der Waals surface area contributed by atoms with Crippen LogP contribution in [0.2, 0.25) is 0 Å². The Morgan fingerprint density at radius 2 is 1.81 bits per heavy atom. The van der Waals surface area contributed by atoms with Crippen LogP contribution >= 0.6 is 0 Å². The van der Waals surface area contributed by atoms with Crippen molar-refractivity contribution >= 4 is 30.0 Å². The molecule has 0 fully saturated rings. The molecule has 0 heterocycles. The van der Waals surface area contributed by atoms with Gasteiger partial charge in [0.2, 0.25) is 6.08 Å². The summed E-state index contributed by atoms with van der Waals surface area (Å²) in [7, 11) is 0. The Labute approximate surface area is 93.7 Å². The van der Waals surface area contributed by atoms with E-state index in [0.29, 0.717) is 17.7 Å². The highest BCUT2D eigenvalue weighted by Gasteiger charge is 2.09. The van der Waals surface area contributed by atoms with Crippen LogP contribution in [0.4, 0.5) is 11.4 Å². The minimum atomic E-state index is 0.568. The first kappa shape index (κ1) is 12.0. The molecule has 4 nitrogen and oxygen atoms in total. The van der Waals surface area contributed by atoms with Crippen LogP contribution in [0.1, 0.15) is 16.7 Å². The number of nitrogens with zero attached hydrogens (tertiary/aromatic N) is 2. The maximum Gasteiger partial charge on any atom is 0.240 e. The van der Waals surface area contributed by atoms with Crippen LogP contribution in [-0.4, -0.2) is 18.6 Å². The molecular formula is C12H12N2O2. The Morgan fingerprint density at radius 1 is 1.19 bits per heavy atom. The first-order valence-electron chi connectivity index (χ1n) is 4.78.